The number of aliphatic carboxylic acids is 1. The molecule has 0 aromatic carbocycles. The summed E-state index contributed by atoms with van der Waals surface area (Å²) >= 11 is 0. The molecular weight excluding hydrogens is 116 g/mol. The van der Waals surface area contributed by atoms with Crippen molar-refractivity contribution in [3.05, 3.63) is 37.0 Å². The maximum Gasteiger partial charge on any atom is 0.335 e. The number of hydrogen-bond acceptors (Lipinski definition) is 1. The van der Waals surface area contributed by atoms with Crippen LogP contribution < -0.4 is 0 Å². The average Bonchev–Trinajstić information content (AvgIpc) is 1.82. The van der Waals surface area contributed by atoms with Gasteiger partial charge in [0, 0.05) is 0 Å². The van der Waals surface area contributed by atoms with Crippen LogP contribution in [0.15, 0.2) is 30.4 Å². The third-order valence-corrected chi connectivity index (χ3v) is 0.683. The molecule has 1 radical (unpaired) electrons. The van der Waals surface area contributed by atoms with Crippen LogP contribution in [0.25, 0.3) is 0 Å². The van der Waals surface area contributed by atoms with Crippen LogP contribution in [0, 0.1) is 6.58 Å². The van der Waals surface area contributed by atoms with Gasteiger partial charge in [-0.1, -0.05) is 25.3 Å². The molecule has 0 aromatic heterocycles. The van der Waals surface area contributed by atoms with Crippen molar-refractivity contribution in [3.8, 4) is 0 Å². The van der Waals surface area contributed by atoms with E-state index in [1.165, 1.54) is 18.2 Å². The Labute approximate surface area is 53.8 Å². The van der Waals surface area contributed by atoms with Crippen LogP contribution in [-0.4, -0.2) is 11.1 Å². The molecule has 0 atom stereocenters. The van der Waals surface area contributed by atoms with Gasteiger partial charge in [-0.15, -0.1) is 0 Å². The van der Waals surface area contributed by atoms with E-state index in [1.54, 1.807) is 0 Å². The zero-order valence-corrected chi connectivity index (χ0v) is 4.87. The zero-order valence-electron chi connectivity index (χ0n) is 4.87. The van der Waals surface area contributed by atoms with Gasteiger partial charge < -0.3 is 5.11 Å². The van der Waals surface area contributed by atoms with Crippen molar-refractivity contribution in [2.75, 3.05) is 0 Å². The van der Waals surface area contributed by atoms with Gasteiger partial charge >= 0.3 is 5.97 Å². The maximum absolute atomic E-state index is 10.00. The predicted octanol–water partition coefficient (Wildman–Crippen LogP) is 1.17. The van der Waals surface area contributed by atoms with Crippen molar-refractivity contribution < 1.29 is 9.90 Å². The van der Waals surface area contributed by atoms with Crippen LogP contribution in [0.3, 0.4) is 0 Å². The number of rotatable bonds is 3. The summed E-state index contributed by atoms with van der Waals surface area (Å²) in [5.41, 5.74) is 0.0247. The lowest BCUT2D eigenvalue weighted by Crippen LogP contribution is -1.94. The molecule has 0 bridgehead atoms. The van der Waals surface area contributed by atoms with Crippen LogP contribution in [0.4, 0.5) is 0 Å². The molecule has 1 N–H and O–H groups in total. The first-order chi connectivity index (χ1) is 4.18. The van der Waals surface area contributed by atoms with Crippen molar-refractivity contribution in [1.82, 2.24) is 0 Å². The third-order valence-electron chi connectivity index (χ3n) is 0.683. The fraction of sp³-hybridized carbons (Fsp3) is 0. The Kier molecular flexibility index (Phi) is 3.13. The molecule has 0 saturated heterocycles. The highest BCUT2D eigenvalue weighted by Crippen LogP contribution is 1.90. The second-order valence-corrected chi connectivity index (χ2v) is 1.38. The van der Waals surface area contributed by atoms with Gasteiger partial charge in [0.05, 0.1) is 5.57 Å². The summed E-state index contributed by atoms with van der Waals surface area (Å²) < 4.78 is 0. The molecule has 0 saturated carbocycles. The molecule has 9 heavy (non-hydrogen) atoms. The molecule has 0 aromatic rings. The van der Waals surface area contributed by atoms with Crippen LogP contribution in [0.5, 0.6) is 0 Å². The summed E-state index contributed by atoms with van der Waals surface area (Å²) in [7, 11) is 0. The van der Waals surface area contributed by atoms with Gasteiger partial charge in [0.25, 0.3) is 0 Å². The number of carboxylic acid groups (broad SMARTS) is 1. The molecule has 0 heterocycles. The molecule has 2 heteroatoms. The molecule has 47 valence electrons. The van der Waals surface area contributed by atoms with Gasteiger partial charge in [0.15, 0.2) is 0 Å². The van der Waals surface area contributed by atoms with E-state index in [-0.39, 0.29) is 5.57 Å². The quantitative estimate of drug-likeness (QED) is 0.452. The van der Waals surface area contributed by atoms with Crippen LogP contribution in [-0.2, 0) is 4.79 Å². The Morgan fingerprint density at radius 1 is 1.67 bits per heavy atom. The molecule has 0 fully saturated rings. The van der Waals surface area contributed by atoms with Crippen molar-refractivity contribution >= 4 is 5.97 Å². The number of carboxylic acids is 1. The van der Waals surface area contributed by atoms with E-state index in [0.717, 1.165) is 0 Å². The lowest BCUT2D eigenvalue weighted by molar-refractivity contribution is -0.132. The first kappa shape index (κ1) is 7.69. The highest BCUT2D eigenvalue weighted by atomic mass is 16.4. The maximum atomic E-state index is 10.00. The monoisotopic (exact) mass is 123 g/mol. The van der Waals surface area contributed by atoms with Crippen LogP contribution in [0.2, 0.25) is 0 Å². The summed E-state index contributed by atoms with van der Waals surface area (Å²) in [6.45, 7) is 8.16. The Morgan fingerprint density at radius 3 is 2.56 bits per heavy atom. The Bertz CT molecular complexity index is 166. The lowest BCUT2D eigenvalue weighted by atomic mass is 10.3. The van der Waals surface area contributed by atoms with E-state index in [0.29, 0.717) is 0 Å². The largest absolute Gasteiger partial charge is 0.478 e. The second kappa shape index (κ2) is 3.66. The minimum atomic E-state index is -1.03. The Morgan fingerprint density at radius 2 is 2.22 bits per heavy atom. The molecule has 2 nitrogen and oxygen atoms in total. The molecule has 0 aliphatic carbocycles. The van der Waals surface area contributed by atoms with Crippen molar-refractivity contribution in [1.29, 1.82) is 0 Å². The topological polar surface area (TPSA) is 37.3 Å². The second-order valence-electron chi connectivity index (χ2n) is 1.38. The summed E-state index contributed by atoms with van der Waals surface area (Å²) in [4.78, 5) is 10.00. The summed E-state index contributed by atoms with van der Waals surface area (Å²) in [6, 6.07) is 0. The fourth-order valence-electron chi connectivity index (χ4n) is 0.243. The summed E-state index contributed by atoms with van der Waals surface area (Å²) in [5, 5.41) is 8.20. The van der Waals surface area contributed by atoms with Crippen molar-refractivity contribution in [2.45, 2.75) is 0 Å². The summed E-state index contributed by atoms with van der Waals surface area (Å²) in [5.74, 6) is -1.03. The molecule has 0 aliphatic heterocycles. The molecule has 0 spiro atoms. The van der Waals surface area contributed by atoms with Gasteiger partial charge in [0.1, 0.15) is 0 Å². The van der Waals surface area contributed by atoms with E-state index in [4.69, 9.17) is 11.7 Å². The normalized spacial score (nSPS) is 9.33. The van der Waals surface area contributed by atoms with E-state index in [1.807, 2.05) is 0 Å². The first-order valence-corrected chi connectivity index (χ1v) is 2.32. The fourth-order valence-corrected chi connectivity index (χ4v) is 0.243. The van der Waals surface area contributed by atoms with E-state index in [2.05, 4.69) is 6.58 Å². The molecule has 0 amide bonds. The Balaban J connectivity index is 3.92. The average molecular weight is 123 g/mol. The molecular formula is C7H7O2. The van der Waals surface area contributed by atoms with Crippen LogP contribution in [0.1, 0.15) is 0 Å². The number of hydrogen-bond donors (Lipinski definition) is 1. The Hall–Kier alpha value is -1.31. The third kappa shape index (κ3) is 3.29. The van der Waals surface area contributed by atoms with Gasteiger partial charge in [-0.3, -0.25) is 0 Å². The lowest BCUT2D eigenvalue weighted by Gasteiger charge is -1.85. The standard InChI is InChI=1S/C7H7O2/c1-3-4-5-6(2)7(8)9/h1,3-5H,2H2,(H,8,9)/b3-1?,5-4+. The summed E-state index contributed by atoms with van der Waals surface area (Å²) in [6.07, 6.45) is 3.98. The van der Waals surface area contributed by atoms with Gasteiger partial charge in [0.2, 0.25) is 0 Å². The van der Waals surface area contributed by atoms with Gasteiger partial charge in [-0.2, -0.15) is 0 Å². The highest BCUT2D eigenvalue weighted by molar-refractivity contribution is 5.88. The zero-order chi connectivity index (χ0) is 7.28. The molecule has 0 rings (SSSR count). The predicted molar refractivity (Wildman–Crippen MR) is 34.8 cm³/mol. The minimum Gasteiger partial charge on any atom is -0.478 e. The van der Waals surface area contributed by atoms with Gasteiger partial charge in [-0.05, 0) is 6.08 Å². The van der Waals surface area contributed by atoms with Gasteiger partial charge in [-0.25, -0.2) is 4.79 Å². The van der Waals surface area contributed by atoms with E-state index in [9.17, 15) is 4.79 Å². The van der Waals surface area contributed by atoms with Crippen molar-refractivity contribution in [3.63, 3.8) is 0 Å². The van der Waals surface area contributed by atoms with E-state index < -0.39 is 5.97 Å². The molecule has 0 aliphatic rings. The smallest absolute Gasteiger partial charge is 0.335 e. The number of allylic oxidation sites excluding steroid dienone is 2. The SMILES string of the molecule is [CH]=C/C=C/C(=C)C(=O)O. The first-order valence-electron chi connectivity index (χ1n) is 2.32. The van der Waals surface area contributed by atoms with Crippen molar-refractivity contribution in [2.24, 2.45) is 0 Å². The minimum absolute atomic E-state index is 0.0247. The number of carbonyl (C=O) groups is 1. The molecule has 0 unspecified atom stereocenters. The van der Waals surface area contributed by atoms with E-state index >= 15 is 0 Å². The highest BCUT2D eigenvalue weighted by Gasteiger charge is 1.95. The van der Waals surface area contributed by atoms with Crippen LogP contribution >= 0.6 is 0 Å².